The summed E-state index contributed by atoms with van der Waals surface area (Å²) in [7, 11) is 0. The predicted molar refractivity (Wildman–Crippen MR) is 63.4 cm³/mol. The predicted octanol–water partition coefficient (Wildman–Crippen LogP) is 2.95. The molecule has 0 aliphatic heterocycles. The second-order valence-corrected chi connectivity index (χ2v) is 3.87. The van der Waals surface area contributed by atoms with Crippen molar-refractivity contribution in [1.82, 2.24) is 4.98 Å². The van der Waals surface area contributed by atoms with Crippen LogP contribution in [0.3, 0.4) is 0 Å². The Labute approximate surface area is 99.1 Å². The molecule has 0 N–H and O–H groups in total. The lowest BCUT2D eigenvalue weighted by Crippen LogP contribution is -2.06. The van der Waals surface area contributed by atoms with Gasteiger partial charge in [-0.25, -0.2) is 4.39 Å². The van der Waals surface area contributed by atoms with Crippen LogP contribution in [0.5, 0.6) is 0 Å². The minimum Gasteiger partial charge on any atom is -0.294 e. The van der Waals surface area contributed by atoms with Gasteiger partial charge in [-0.3, -0.25) is 9.78 Å². The van der Waals surface area contributed by atoms with Crippen molar-refractivity contribution in [3.05, 3.63) is 65.2 Å². The van der Waals surface area contributed by atoms with Gasteiger partial charge in [0.1, 0.15) is 5.82 Å². The molecule has 0 aliphatic rings. The van der Waals surface area contributed by atoms with E-state index < -0.39 is 0 Å². The van der Waals surface area contributed by atoms with Gasteiger partial charge in [-0.05, 0) is 42.8 Å². The molecule has 2 nitrogen and oxygen atoms in total. The topological polar surface area (TPSA) is 30.0 Å². The summed E-state index contributed by atoms with van der Waals surface area (Å²) in [4.78, 5) is 16.1. The average Bonchev–Trinajstić information content (AvgIpc) is 2.33. The molecule has 0 spiro atoms. The second kappa shape index (κ2) is 4.87. The summed E-state index contributed by atoms with van der Waals surface area (Å²) in [5.74, 6) is -0.387. The fourth-order valence-corrected chi connectivity index (χ4v) is 1.59. The first-order chi connectivity index (χ1) is 8.16. The van der Waals surface area contributed by atoms with Crippen LogP contribution in [0.4, 0.5) is 4.39 Å². The van der Waals surface area contributed by atoms with Gasteiger partial charge in [0.25, 0.3) is 0 Å². The van der Waals surface area contributed by atoms with Gasteiger partial charge in [-0.2, -0.15) is 0 Å². The molecule has 0 atom stereocenters. The van der Waals surface area contributed by atoms with Crippen LogP contribution in [0.25, 0.3) is 0 Å². The van der Waals surface area contributed by atoms with Crippen molar-refractivity contribution in [2.24, 2.45) is 0 Å². The van der Waals surface area contributed by atoms with E-state index >= 15 is 0 Å². The van der Waals surface area contributed by atoms with Crippen molar-refractivity contribution < 1.29 is 9.18 Å². The van der Waals surface area contributed by atoms with E-state index in [1.165, 1.54) is 24.3 Å². The Morgan fingerprint density at radius 1 is 1.24 bits per heavy atom. The van der Waals surface area contributed by atoms with Gasteiger partial charge in [0.2, 0.25) is 0 Å². The molecular weight excluding hydrogens is 217 g/mol. The summed E-state index contributed by atoms with van der Waals surface area (Å²) in [6.07, 6.45) is 1.92. The molecule has 0 aliphatic carbocycles. The van der Waals surface area contributed by atoms with Gasteiger partial charge in [-0.1, -0.05) is 6.07 Å². The van der Waals surface area contributed by atoms with Crippen molar-refractivity contribution in [3.63, 3.8) is 0 Å². The Balaban J connectivity index is 2.17. The molecule has 3 heteroatoms. The first-order valence-corrected chi connectivity index (χ1v) is 5.36. The zero-order valence-corrected chi connectivity index (χ0v) is 9.48. The van der Waals surface area contributed by atoms with E-state index in [1.807, 2.05) is 19.1 Å². The number of aryl methyl sites for hydroxylation is 1. The lowest BCUT2D eigenvalue weighted by molar-refractivity contribution is 0.0991. The van der Waals surface area contributed by atoms with E-state index in [0.29, 0.717) is 5.56 Å². The lowest BCUT2D eigenvalue weighted by Gasteiger charge is -2.03. The highest BCUT2D eigenvalue weighted by Crippen LogP contribution is 2.10. The fraction of sp³-hybridized carbons (Fsp3) is 0.143. The third-order valence-corrected chi connectivity index (χ3v) is 2.61. The van der Waals surface area contributed by atoms with Crippen LogP contribution in [0.2, 0.25) is 0 Å². The Morgan fingerprint density at radius 3 is 2.59 bits per heavy atom. The molecule has 0 amide bonds. The Hall–Kier alpha value is -2.03. The number of Topliss-reactive ketones (excluding diaryl/α,β-unsaturated/α-hetero) is 1. The number of carbonyl (C=O) groups is 1. The van der Waals surface area contributed by atoms with Crippen molar-refractivity contribution in [2.45, 2.75) is 13.3 Å². The van der Waals surface area contributed by atoms with Crippen molar-refractivity contribution in [1.29, 1.82) is 0 Å². The van der Waals surface area contributed by atoms with E-state index in [-0.39, 0.29) is 18.0 Å². The van der Waals surface area contributed by atoms with Crippen LogP contribution in [0.1, 0.15) is 21.6 Å². The zero-order chi connectivity index (χ0) is 12.3. The van der Waals surface area contributed by atoms with Crippen LogP contribution in [-0.4, -0.2) is 10.8 Å². The summed E-state index contributed by atoms with van der Waals surface area (Å²) >= 11 is 0. The molecule has 0 fully saturated rings. The molecule has 86 valence electrons. The maximum absolute atomic E-state index is 12.7. The van der Waals surface area contributed by atoms with Gasteiger partial charge in [0.15, 0.2) is 5.78 Å². The van der Waals surface area contributed by atoms with E-state index in [1.54, 1.807) is 6.20 Å². The largest absolute Gasteiger partial charge is 0.294 e. The number of rotatable bonds is 3. The normalized spacial score (nSPS) is 10.2. The highest BCUT2D eigenvalue weighted by atomic mass is 19.1. The third-order valence-electron chi connectivity index (χ3n) is 2.61. The zero-order valence-electron chi connectivity index (χ0n) is 9.48. The molecule has 1 aromatic carbocycles. The van der Waals surface area contributed by atoms with Crippen LogP contribution < -0.4 is 0 Å². The average molecular weight is 229 g/mol. The number of aromatic nitrogens is 1. The number of hydrogen-bond acceptors (Lipinski definition) is 2. The molecule has 0 saturated heterocycles. The Kier molecular flexibility index (Phi) is 3.28. The van der Waals surface area contributed by atoms with Gasteiger partial charge >= 0.3 is 0 Å². The van der Waals surface area contributed by atoms with Crippen LogP contribution in [0, 0.1) is 12.7 Å². The Morgan fingerprint density at radius 2 is 1.94 bits per heavy atom. The molecule has 0 unspecified atom stereocenters. The first-order valence-electron chi connectivity index (χ1n) is 5.36. The number of ketones is 1. The minimum absolute atomic E-state index is 0.0493. The quantitative estimate of drug-likeness (QED) is 0.757. The van der Waals surface area contributed by atoms with E-state index in [2.05, 4.69) is 4.98 Å². The van der Waals surface area contributed by atoms with Gasteiger partial charge in [0.05, 0.1) is 12.1 Å². The highest BCUT2D eigenvalue weighted by Gasteiger charge is 2.09. The summed E-state index contributed by atoms with van der Waals surface area (Å²) < 4.78 is 12.7. The van der Waals surface area contributed by atoms with Crippen molar-refractivity contribution in [2.75, 3.05) is 0 Å². The summed E-state index contributed by atoms with van der Waals surface area (Å²) in [6.45, 7) is 1.92. The molecule has 2 rings (SSSR count). The second-order valence-electron chi connectivity index (χ2n) is 3.87. The maximum Gasteiger partial charge on any atom is 0.168 e. The monoisotopic (exact) mass is 229 g/mol. The smallest absolute Gasteiger partial charge is 0.168 e. The van der Waals surface area contributed by atoms with Gasteiger partial charge in [-0.15, -0.1) is 0 Å². The number of pyridine rings is 1. The van der Waals surface area contributed by atoms with Crippen molar-refractivity contribution in [3.8, 4) is 0 Å². The highest BCUT2D eigenvalue weighted by molar-refractivity contribution is 5.97. The number of benzene rings is 1. The SMILES string of the molecule is Cc1cccnc1CC(=O)c1ccc(F)cc1. The number of hydrogen-bond donors (Lipinski definition) is 0. The van der Waals surface area contributed by atoms with Crippen LogP contribution in [0.15, 0.2) is 42.6 Å². The Bertz CT molecular complexity index is 534. The van der Waals surface area contributed by atoms with E-state index in [0.717, 1.165) is 11.3 Å². The molecule has 0 radical (unpaired) electrons. The molecule has 0 saturated carbocycles. The lowest BCUT2D eigenvalue weighted by atomic mass is 10.0. The molecule has 0 bridgehead atoms. The van der Waals surface area contributed by atoms with Gasteiger partial charge in [0, 0.05) is 11.8 Å². The van der Waals surface area contributed by atoms with E-state index in [9.17, 15) is 9.18 Å². The van der Waals surface area contributed by atoms with Crippen LogP contribution >= 0.6 is 0 Å². The fourth-order valence-electron chi connectivity index (χ4n) is 1.59. The molecule has 1 heterocycles. The van der Waals surface area contributed by atoms with Gasteiger partial charge < -0.3 is 0 Å². The number of nitrogens with zero attached hydrogens (tertiary/aromatic N) is 1. The molecule has 1 aromatic heterocycles. The number of carbonyl (C=O) groups excluding carboxylic acids is 1. The summed E-state index contributed by atoms with van der Waals surface area (Å²) in [6, 6.07) is 9.32. The first kappa shape index (κ1) is 11.5. The molecule has 17 heavy (non-hydrogen) atoms. The van der Waals surface area contributed by atoms with E-state index in [4.69, 9.17) is 0 Å². The third kappa shape index (κ3) is 2.75. The molecular formula is C14H12FNO. The number of halogens is 1. The maximum atomic E-state index is 12.7. The summed E-state index contributed by atoms with van der Waals surface area (Å²) in [5.41, 5.74) is 2.27. The molecule has 2 aromatic rings. The van der Waals surface area contributed by atoms with Crippen molar-refractivity contribution >= 4 is 5.78 Å². The minimum atomic E-state index is -0.337. The standard InChI is InChI=1S/C14H12FNO/c1-10-3-2-8-16-13(10)9-14(17)11-4-6-12(15)7-5-11/h2-8H,9H2,1H3. The van der Waals surface area contributed by atoms with Crippen LogP contribution in [-0.2, 0) is 6.42 Å². The summed E-state index contributed by atoms with van der Waals surface area (Å²) in [5, 5.41) is 0.